The maximum atomic E-state index is 13.0. The number of hydrogen-bond acceptors (Lipinski definition) is 5. The van der Waals surface area contributed by atoms with Crippen molar-refractivity contribution in [3.05, 3.63) is 23.8 Å². The molecular weight excluding hydrogens is 372 g/mol. The predicted molar refractivity (Wildman–Crippen MR) is 96.7 cm³/mol. The zero-order valence-corrected chi connectivity index (χ0v) is 16.8. The second-order valence-electron chi connectivity index (χ2n) is 6.92. The Bertz CT molecular complexity index is 820. The van der Waals surface area contributed by atoms with Crippen molar-refractivity contribution < 1.29 is 16.8 Å². The largest absolute Gasteiger partial charge is 0.327 e. The van der Waals surface area contributed by atoms with Gasteiger partial charge < -0.3 is 5.73 Å². The maximum Gasteiger partial charge on any atom is 0.243 e. The van der Waals surface area contributed by atoms with Gasteiger partial charge in [-0.15, -0.1) is 12.4 Å². The van der Waals surface area contributed by atoms with Crippen molar-refractivity contribution in [3.63, 3.8) is 0 Å². The van der Waals surface area contributed by atoms with Crippen LogP contribution in [0.5, 0.6) is 0 Å². The van der Waals surface area contributed by atoms with E-state index in [0.717, 1.165) is 6.26 Å². The van der Waals surface area contributed by atoms with Gasteiger partial charge in [-0.3, -0.25) is 0 Å². The van der Waals surface area contributed by atoms with E-state index in [0.29, 0.717) is 25.1 Å². The summed E-state index contributed by atoms with van der Waals surface area (Å²) >= 11 is 0. The fraction of sp³-hybridized carbons (Fsp3) is 0.600. The predicted octanol–water partition coefficient (Wildman–Crippen LogP) is 1.57. The Labute approximate surface area is 150 Å². The molecule has 2 rings (SSSR count). The van der Waals surface area contributed by atoms with Crippen LogP contribution in [0.15, 0.2) is 28.0 Å². The van der Waals surface area contributed by atoms with E-state index >= 15 is 0 Å². The number of halogens is 1. The van der Waals surface area contributed by atoms with Crippen LogP contribution in [0.1, 0.15) is 25.8 Å². The molecule has 9 heteroatoms. The van der Waals surface area contributed by atoms with E-state index in [1.807, 2.05) is 13.8 Å². The van der Waals surface area contributed by atoms with Gasteiger partial charge in [-0.25, -0.2) is 16.8 Å². The molecule has 0 aliphatic carbocycles. The van der Waals surface area contributed by atoms with Gasteiger partial charge >= 0.3 is 0 Å². The van der Waals surface area contributed by atoms with Crippen LogP contribution in [0.4, 0.5) is 0 Å². The summed E-state index contributed by atoms with van der Waals surface area (Å²) in [6.07, 6.45) is 1.65. The molecule has 0 saturated carbocycles. The first-order valence-corrected chi connectivity index (χ1v) is 10.8. The molecule has 1 unspecified atom stereocenters. The molecule has 6 nitrogen and oxygen atoms in total. The van der Waals surface area contributed by atoms with Crippen LogP contribution in [-0.2, 0) is 19.9 Å². The number of sulfonamides is 1. The van der Waals surface area contributed by atoms with Gasteiger partial charge in [0.2, 0.25) is 10.0 Å². The van der Waals surface area contributed by atoms with Crippen molar-refractivity contribution in [1.82, 2.24) is 4.31 Å². The van der Waals surface area contributed by atoms with Gasteiger partial charge in [0.1, 0.15) is 0 Å². The van der Waals surface area contributed by atoms with E-state index in [2.05, 4.69) is 0 Å². The van der Waals surface area contributed by atoms with E-state index in [1.165, 1.54) is 22.5 Å². The number of benzene rings is 1. The summed E-state index contributed by atoms with van der Waals surface area (Å²) in [5, 5.41) is 0. The van der Waals surface area contributed by atoms with Crippen molar-refractivity contribution in [2.75, 3.05) is 19.3 Å². The zero-order valence-electron chi connectivity index (χ0n) is 14.3. The van der Waals surface area contributed by atoms with Crippen LogP contribution >= 0.6 is 12.4 Å². The quantitative estimate of drug-likeness (QED) is 0.836. The molecule has 0 spiro atoms. The van der Waals surface area contributed by atoms with Gasteiger partial charge in [0.15, 0.2) is 9.84 Å². The second-order valence-corrected chi connectivity index (χ2v) is 10.8. The molecule has 2 N–H and O–H groups in total. The molecule has 1 aromatic carbocycles. The Balaban J connectivity index is 0.00000288. The molecule has 1 fully saturated rings. The number of rotatable bonds is 3. The highest BCUT2D eigenvalue weighted by Gasteiger charge is 2.39. The average molecular weight is 397 g/mol. The van der Waals surface area contributed by atoms with E-state index in [9.17, 15) is 16.8 Å². The third-order valence-electron chi connectivity index (χ3n) is 4.48. The third kappa shape index (κ3) is 4.11. The monoisotopic (exact) mass is 396 g/mol. The Kier molecular flexibility index (Phi) is 6.16. The number of sulfone groups is 1. The van der Waals surface area contributed by atoms with Crippen LogP contribution in [0.2, 0.25) is 0 Å². The van der Waals surface area contributed by atoms with Crippen molar-refractivity contribution >= 4 is 32.3 Å². The van der Waals surface area contributed by atoms with Crippen LogP contribution in [0, 0.1) is 12.3 Å². The number of nitrogens with two attached hydrogens (primary N) is 1. The molecule has 1 saturated heterocycles. The van der Waals surface area contributed by atoms with E-state index < -0.39 is 19.9 Å². The molecule has 138 valence electrons. The lowest BCUT2D eigenvalue weighted by Crippen LogP contribution is -2.53. The normalized spacial score (nSPS) is 22.0. The van der Waals surface area contributed by atoms with Gasteiger partial charge in [-0.05, 0) is 36.5 Å². The minimum atomic E-state index is -3.76. The van der Waals surface area contributed by atoms with Crippen LogP contribution in [-0.4, -0.2) is 46.5 Å². The van der Waals surface area contributed by atoms with Gasteiger partial charge in [0.25, 0.3) is 0 Å². The highest BCUT2D eigenvalue weighted by Crippen LogP contribution is 2.32. The first-order valence-electron chi connectivity index (χ1n) is 7.42. The summed E-state index contributed by atoms with van der Waals surface area (Å²) in [6, 6.07) is 4.16. The summed E-state index contributed by atoms with van der Waals surface area (Å²) in [6.45, 7) is 6.21. The topological polar surface area (TPSA) is 97.5 Å². The smallest absolute Gasteiger partial charge is 0.243 e. The summed E-state index contributed by atoms with van der Waals surface area (Å²) in [5.74, 6) is 0. The minimum absolute atomic E-state index is 0. The lowest BCUT2D eigenvalue weighted by atomic mass is 9.81. The first kappa shape index (κ1) is 21.4. The molecular formula is C15H25ClN2O4S2. The molecule has 0 aromatic heterocycles. The van der Waals surface area contributed by atoms with E-state index in [1.54, 1.807) is 6.92 Å². The summed E-state index contributed by atoms with van der Waals surface area (Å²) in [4.78, 5) is 0.0568. The van der Waals surface area contributed by atoms with Crippen LogP contribution < -0.4 is 5.73 Å². The van der Waals surface area contributed by atoms with E-state index in [4.69, 9.17) is 5.73 Å². The van der Waals surface area contributed by atoms with Crippen molar-refractivity contribution in [1.29, 1.82) is 0 Å². The van der Waals surface area contributed by atoms with E-state index in [-0.39, 0.29) is 33.7 Å². The Hall–Kier alpha value is -0.670. The molecule has 24 heavy (non-hydrogen) atoms. The highest BCUT2D eigenvalue weighted by molar-refractivity contribution is 7.91. The van der Waals surface area contributed by atoms with Gasteiger partial charge in [-0.1, -0.05) is 19.9 Å². The molecule has 1 atom stereocenters. The zero-order chi connectivity index (χ0) is 17.6. The van der Waals surface area contributed by atoms with Crippen LogP contribution in [0.3, 0.4) is 0 Å². The molecule has 1 aromatic rings. The summed E-state index contributed by atoms with van der Waals surface area (Å²) in [7, 11) is -7.22. The Morgan fingerprint density at radius 3 is 2.29 bits per heavy atom. The first-order chi connectivity index (χ1) is 10.4. The van der Waals surface area contributed by atoms with Crippen molar-refractivity contribution in [3.8, 4) is 0 Å². The molecule has 1 heterocycles. The van der Waals surface area contributed by atoms with Crippen molar-refractivity contribution in [2.24, 2.45) is 11.1 Å². The number of nitrogens with zero attached hydrogens (tertiary/aromatic N) is 1. The number of piperidine rings is 1. The third-order valence-corrected chi connectivity index (χ3v) is 7.58. The average Bonchev–Trinajstić information content (AvgIpc) is 2.40. The van der Waals surface area contributed by atoms with Gasteiger partial charge in [-0.2, -0.15) is 4.31 Å². The lowest BCUT2D eigenvalue weighted by molar-refractivity contribution is 0.155. The molecule has 0 amide bonds. The summed E-state index contributed by atoms with van der Waals surface area (Å²) in [5.41, 5.74) is 6.27. The molecule has 0 radical (unpaired) electrons. The standard InChI is InChI=1S/C15H24N2O4S2.ClH/c1-11-5-6-12(22(4,18)19)9-13(11)23(20,21)17-8-7-14(16)15(2,3)10-17;/h5-6,9,14H,7-8,10,16H2,1-4H3;1H. The Morgan fingerprint density at radius 1 is 1.21 bits per heavy atom. The summed E-state index contributed by atoms with van der Waals surface area (Å²) < 4.78 is 50.8. The van der Waals surface area contributed by atoms with Crippen molar-refractivity contribution in [2.45, 2.75) is 43.0 Å². The molecule has 0 bridgehead atoms. The SMILES string of the molecule is Cc1ccc(S(C)(=O)=O)cc1S(=O)(=O)N1CCC(N)C(C)(C)C1.Cl. The van der Waals surface area contributed by atoms with Gasteiger partial charge in [0, 0.05) is 25.4 Å². The fourth-order valence-corrected chi connectivity index (χ4v) is 5.36. The lowest BCUT2D eigenvalue weighted by Gasteiger charge is -2.41. The molecule has 1 aliphatic rings. The second kappa shape index (κ2) is 6.92. The molecule has 1 aliphatic heterocycles. The fourth-order valence-electron chi connectivity index (χ4n) is 2.76. The number of aryl methyl sites for hydroxylation is 1. The highest BCUT2D eigenvalue weighted by atomic mass is 35.5. The van der Waals surface area contributed by atoms with Crippen LogP contribution in [0.25, 0.3) is 0 Å². The maximum absolute atomic E-state index is 13.0. The minimum Gasteiger partial charge on any atom is -0.327 e. The van der Waals surface area contributed by atoms with Gasteiger partial charge in [0.05, 0.1) is 9.79 Å². The number of hydrogen-bond donors (Lipinski definition) is 1. The Morgan fingerprint density at radius 2 is 1.79 bits per heavy atom.